The smallest absolute Gasteiger partial charge is 0.348 e. The molecule has 0 amide bonds. The van der Waals surface area contributed by atoms with Crippen LogP contribution < -0.4 is 4.90 Å². The second-order valence-corrected chi connectivity index (χ2v) is 7.00. The van der Waals surface area contributed by atoms with Gasteiger partial charge in [-0.05, 0) is 19.3 Å². The number of nitrogens with zero attached hydrogens (tertiary/aromatic N) is 5. The molecule has 0 aromatic carbocycles. The minimum absolute atomic E-state index is 0.340. The fourth-order valence-electron chi connectivity index (χ4n) is 3.35. The van der Waals surface area contributed by atoms with Gasteiger partial charge in [-0.3, -0.25) is 0 Å². The summed E-state index contributed by atoms with van der Waals surface area (Å²) in [5.41, 5.74) is 0. The predicted molar refractivity (Wildman–Crippen MR) is 79.6 cm³/mol. The number of aryl methyl sites for hydroxylation is 1. The Balaban J connectivity index is 1.44. The summed E-state index contributed by atoms with van der Waals surface area (Å²) in [6, 6.07) is 0. The van der Waals surface area contributed by atoms with Gasteiger partial charge in [0.1, 0.15) is 16.5 Å². The number of rotatable bonds is 2. The summed E-state index contributed by atoms with van der Waals surface area (Å²) < 4.78 is 40.2. The first-order valence-electron chi connectivity index (χ1n) is 7.72. The third-order valence-corrected chi connectivity index (χ3v) is 5.64. The molecule has 4 rings (SSSR count). The second kappa shape index (κ2) is 5.47. The second-order valence-electron chi connectivity index (χ2n) is 6.00. The lowest BCUT2D eigenvalue weighted by Gasteiger charge is -2.31. The first-order valence-corrected chi connectivity index (χ1v) is 8.54. The van der Waals surface area contributed by atoms with Gasteiger partial charge < -0.3 is 9.47 Å². The predicted octanol–water partition coefficient (Wildman–Crippen LogP) is 3.08. The molecule has 0 N–H and O–H groups in total. The Morgan fingerprint density at radius 2 is 1.91 bits per heavy atom. The van der Waals surface area contributed by atoms with E-state index in [9.17, 15) is 13.2 Å². The SMILES string of the molecule is FC(F)(F)c1cnc(N2CCC(c3nnc4n3CCC4)CC2)s1. The molecule has 2 aliphatic heterocycles. The standard InChI is InChI=1S/C14H16F3N5S/c15-14(16,17)10-8-18-13(23-10)21-6-3-9(4-7-21)12-20-19-11-2-1-5-22(11)12/h8-9H,1-7H2. The third-order valence-electron chi connectivity index (χ3n) is 4.54. The Kier molecular flexibility index (Phi) is 3.55. The number of hydrogen-bond donors (Lipinski definition) is 0. The van der Waals surface area contributed by atoms with E-state index in [2.05, 4.69) is 19.7 Å². The van der Waals surface area contributed by atoms with Gasteiger partial charge in [0, 0.05) is 32.0 Å². The van der Waals surface area contributed by atoms with Gasteiger partial charge in [0.05, 0.1) is 6.20 Å². The molecular weight excluding hydrogens is 327 g/mol. The Hall–Kier alpha value is -1.64. The highest BCUT2D eigenvalue weighted by Crippen LogP contribution is 2.38. The number of hydrogen-bond acceptors (Lipinski definition) is 5. The minimum atomic E-state index is -4.31. The lowest BCUT2D eigenvalue weighted by molar-refractivity contribution is -0.134. The van der Waals surface area contributed by atoms with Gasteiger partial charge >= 0.3 is 6.18 Å². The molecule has 0 unspecified atom stereocenters. The van der Waals surface area contributed by atoms with Crippen LogP contribution >= 0.6 is 11.3 Å². The quantitative estimate of drug-likeness (QED) is 0.841. The zero-order valence-electron chi connectivity index (χ0n) is 12.4. The highest BCUT2D eigenvalue weighted by molar-refractivity contribution is 7.15. The molecular formula is C14H16F3N5S. The first kappa shape index (κ1) is 14.9. The number of halogens is 3. The van der Waals surface area contributed by atoms with Crippen LogP contribution in [0, 0.1) is 0 Å². The zero-order chi connectivity index (χ0) is 16.0. The molecule has 124 valence electrons. The Morgan fingerprint density at radius 3 is 2.61 bits per heavy atom. The van der Waals surface area contributed by atoms with E-state index < -0.39 is 11.1 Å². The third kappa shape index (κ3) is 2.71. The molecule has 9 heteroatoms. The molecule has 2 aromatic rings. The van der Waals surface area contributed by atoms with E-state index >= 15 is 0 Å². The summed E-state index contributed by atoms with van der Waals surface area (Å²) in [4.78, 5) is 5.25. The molecule has 0 radical (unpaired) electrons. The maximum Gasteiger partial charge on any atom is 0.427 e. The zero-order valence-corrected chi connectivity index (χ0v) is 13.2. The summed E-state index contributed by atoms with van der Waals surface area (Å²) in [6.45, 7) is 2.40. The van der Waals surface area contributed by atoms with Crippen LogP contribution in [0.15, 0.2) is 6.20 Å². The number of alkyl halides is 3. The Bertz CT molecular complexity index is 700. The van der Waals surface area contributed by atoms with Crippen LogP contribution in [0.2, 0.25) is 0 Å². The summed E-state index contributed by atoms with van der Waals surface area (Å²) in [7, 11) is 0. The molecule has 0 atom stereocenters. The van der Waals surface area contributed by atoms with E-state index in [1.807, 2.05) is 4.90 Å². The van der Waals surface area contributed by atoms with Crippen molar-refractivity contribution in [3.63, 3.8) is 0 Å². The molecule has 1 fully saturated rings. The lowest BCUT2D eigenvalue weighted by atomic mass is 9.96. The molecule has 0 aliphatic carbocycles. The van der Waals surface area contributed by atoms with E-state index in [0.29, 0.717) is 24.1 Å². The molecule has 5 nitrogen and oxygen atoms in total. The van der Waals surface area contributed by atoms with Crippen LogP contribution in [0.1, 0.15) is 41.7 Å². The Labute approximate surface area is 135 Å². The van der Waals surface area contributed by atoms with Crippen molar-refractivity contribution in [1.82, 2.24) is 19.7 Å². The lowest BCUT2D eigenvalue weighted by Crippen LogP contribution is -2.33. The molecule has 2 aromatic heterocycles. The number of aromatic nitrogens is 4. The van der Waals surface area contributed by atoms with Crippen molar-refractivity contribution in [2.45, 2.75) is 44.3 Å². The Morgan fingerprint density at radius 1 is 1.13 bits per heavy atom. The number of piperidine rings is 1. The average molecular weight is 343 g/mol. The monoisotopic (exact) mass is 343 g/mol. The van der Waals surface area contributed by atoms with Crippen LogP contribution in [-0.4, -0.2) is 32.8 Å². The van der Waals surface area contributed by atoms with Crippen molar-refractivity contribution in [2.24, 2.45) is 0 Å². The van der Waals surface area contributed by atoms with E-state index in [-0.39, 0.29) is 0 Å². The van der Waals surface area contributed by atoms with Gasteiger partial charge in [0.25, 0.3) is 0 Å². The topological polar surface area (TPSA) is 46.8 Å². The normalized spacial score (nSPS) is 19.3. The van der Waals surface area contributed by atoms with Gasteiger partial charge in [-0.15, -0.1) is 10.2 Å². The van der Waals surface area contributed by atoms with Gasteiger partial charge in [0.15, 0.2) is 5.13 Å². The van der Waals surface area contributed by atoms with E-state index in [4.69, 9.17) is 0 Å². The first-order chi connectivity index (χ1) is 11.0. The number of fused-ring (bicyclic) bond motifs is 1. The van der Waals surface area contributed by atoms with E-state index in [0.717, 1.165) is 61.4 Å². The summed E-state index contributed by atoms with van der Waals surface area (Å²) >= 11 is 0.722. The minimum Gasteiger partial charge on any atom is -0.348 e. The molecule has 0 saturated carbocycles. The van der Waals surface area contributed by atoms with Gasteiger partial charge in [0.2, 0.25) is 0 Å². The largest absolute Gasteiger partial charge is 0.427 e. The van der Waals surface area contributed by atoms with Crippen LogP contribution in [-0.2, 0) is 19.1 Å². The molecule has 0 bridgehead atoms. The maximum atomic E-state index is 12.7. The van der Waals surface area contributed by atoms with Crippen LogP contribution in [0.5, 0.6) is 0 Å². The highest BCUT2D eigenvalue weighted by Gasteiger charge is 2.35. The van der Waals surface area contributed by atoms with Gasteiger partial charge in [-0.1, -0.05) is 11.3 Å². The van der Waals surface area contributed by atoms with Gasteiger partial charge in [-0.2, -0.15) is 13.2 Å². The molecule has 23 heavy (non-hydrogen) atoms. The highest BCUT2D eigenvalue weighted by atomic mass is 32.1. The van der Waals surface area contributed by atoms with Crippen molar-refractivity contribution >= 4 is 16.5 Å². The van der Waals surface area contributed by atoms with E-state index in [1.165, 1.54) is 0 Å². The van der Waals surface area contributed by atoms with Crippen molar-refractivity contribution in [2.75, 3.05) is 18.0 Å². The van der Waals surface area contributed by atoms with Gasteiger partial charge in [-0.25, -0.2) is 4.98 Å². The fraction of sp³-hybridized carbons (Fsp3) is 0.643. The summed E-state index contributed by atoms with van der Waals surface area (Å²) in [6.07, 6.45) is 0.479. The molecule has 2 aliphatic rings. The maximum absolute atomic E-state index is 12.7. The van der Waals surface area contributed by atoms with Crippen LogP contribution in [0.3, 0.4) is 0 Å². The molecule has 0 spiro atoms. The summed E-state index contributed by atoms with van der Waals surface area (Å²) in [5.74, 6) is 2.46. The van der Waals surface area contributed by atoms with Crippen molar-refractivity contribution < 1.29 is 13.2 Å². The van der Waals surface area contributed by atoms with Crippen LogP contribution in [0.4, 0.5) is 18.3 Å². The van der Waals surface area contributed by atoms with E-state index in [1.54, 1.807) is 0 Å². The number of thiazole rings is 1. The molecule has 1 saturated heterocycles. The average Bonchev–Trinajstić information content (AvgIpc) is 3.23. The fourth-order valence-corrected chi connectivity index (χ4v) is 4.18. The van der Waals surface area contributed by atoms with Crippen molar-refractivity contribution in [3.8, 4) is 0 Å². The van der Waals surface area contributed by atoms with Crippen molar-refractivity contribution in [3.05, 3.63) is 22.7 Å². The summed E-state index contributed by atoms with van der Waals surface area (Å²) in [5, 5.41) is 9.03. The molecule has 4 heterocycles. The van der Waals surface area contributed by atoms with Crippen LogP contribution in [0.25, 0.3) is 0 Å². The number of anilines is 1. The van der Waals surface area contributed by atoms with Crippen molar-refractivity contribution in [1.29, 1.82) is 0 Å².